The lowest BCUT2D eigenvalue weighted by Crippen LogP contribution is -2.10. The average Bonchev–Trinajstić information content (AvgIpc) is 2.42. The molecule has 2 rings (SSSR count). The van der Waals surface area contributed by atoms with Crippen LogP contribution in [0.3, 0.4) is 0 Å². The van der Waals surface area contributed by atoms with Gasteiger partial charge in [0, 0.05) is 20.7 Å². The van der Waals surface area contributed by atoms with Crippen molar-refractivity contribution in [2.24, 2.45) is 0 Å². The van der Waals surface area contributed by atoms with E-state index in [-0.39, 0.29) is 12.4 Å². The van der Waals surface area contributed by atoms with Gasteiger partial charge in [-0.1, -0.05) is 67.0 Å². The Morgan fingerprint density at radius 1 is 0.833 bits per heavy atom. The lowest BCUT2D eigenvalue weighted by Gasteiger charge is -2.17. The monoisotopic (exact) mass is 250 g/mol. The topological polar surface area (TPSA) is 0 Å². The van der Waals surface area contributed by atoms with E-state index in [2.05, 4.69) is 48.5 Å². The van der Waals surface area contributed by atoms with Crippen molar-refractivity contribution in [1.29, 1.82) is 0 Å². The van der Waals surface area contributed by atoms with E-state index >= 15 is 0 Å². The number of rotatable bonds is 5. The van der Waals surface area contributed by atoms with E-state index in [9.17, 15) is 0 Å². The molecule has 0 saturated carbocycles. The SMILES string of the molecule is Cl.[B][B][B]CC(c1ccccc1)c1ccccc1. The lowest BCUT2D eigenvalue weighted by molar-refractivity contribution is 0.917. The fourth-order valence-corrected chi connectivity index (χ4v) is 2.05. The summed E-state index contributed by atoms with van der Waals surface area (Å²) in [5.41, 5.74) is 2.66. The maximum absolute atomic E-state index is 5.45. The van der Waals surface area contributed by atoms with Crippen molar-refractivity contribution >= 4 is 34.4 Å². The van der Waals surface area contributed by atoms with Crippen LogP contribution in [0.5, 0.6) is 0 Å². The van der Waals surface area contributed by atoms with Crippen LogP contribution in [0.25, 0.3) is 0 Å². The van der Waals surface area contributed by atoms with Gasteiger partial charge in [0.25, 0.3) is 0 Å². The molecule has 4 heteroatoms. The van der Waals surface area contributed by atoms with Crippen LogP contribution >= 0.6 is 12.4 Å². The number of hydrogen-bond acceptors (Lipinski definition) is 0. The van der Waals surface area contributed by atoms with Gasteiger partial charge < -0.3 is 0 Å². The largest absolute Gasteiger partial charge is 0.147 e. The molecule has 0 atom stereocenters. The van der Waals surface area contributed by atoms with Gasteiger partial charge in [0.1, 0.15) is 0 Å². The van der Waals surface area contributed by atoms with Crippen molar-refractivity contribution < 1.29 is 0 Å². The summed E-state index contributed by atoms with van der Waals surface area (Å²) in [4.78, 5) is 0. The molecule has 0 amide bonds. The Kier molecular flexibility index (Phi) is 6.74. The molecule has 0 bridgehead atoms. The van der Waals surface area contributed by atoms with Crippen LogP contribution in [-0.4, -0.2) is 22.0 Å². The number of hydrogen-bond donors (Lipinski definition) is 0. The molecule has 0 aromatic heterocycles. The van der Waals surface area contributed by atoms with Crippen molar-refractivity contribution in [3.05, 3.63) is 71.8 Å². The Morgan fingerprint density at radius 2 is 1.28 bits per heavy atom. The fraction of sp³-hybridized carbons (Fsp3) is 0.143. The van der Waals surface area contributed by atoms with Crippen LogP contribution in [0.2, 0.25) is 6.32 Å². The molecular formula is C14H14B3Cl. The second kappa shape index (κ2) is 8.10. The highest BCUT2D eigenvalue weighted by Gasteiger charge is 2.12. The van der Waals surface area contributed by atoms with Gasteiger partial charge in [-0.3, -0.25) is 0 Å². The molecule has 18 heavy (non-hydrogen) atoms. The molecule has 0 aliphatic rings. The molecule has 2 aromatic rings. The summed E-state index contributed by atoms with van der Waals surface area (Å²) in [5.74, 6) is 0.386. The third kappa shape index (κ3) is 3.99. The molecule has 4 radical (unpaired) electrons. The van der Waals surface area contributed by atoms with E-state index in [4.69, 9.17) is 7.74 Å². The first-order chi connectivity index (χ1) is 8.42. The normalized spacial score (nSPS) is 9.61. The highest BCUT2D eigenvalue weighted by molar-refractivity contribution is 7.23. The van der Waals surface area contributed by atoms with Gasteiger partial charge in [-0.05, 0) is 11.1 Å². The third-order valence-corrected chi connectivity index (χ3v) is 2.91. The van der Waals surface area contributed by atoms with Crippen LogP contribution < -0.4 is 0 Å². The van der Waals surface area contributed by atoms with Crippen molar-refractivity contribution in [2.75, 3.05) is 0 Å². The van der Waals surface area contributed by atoms with Crippen LogP contribution in [0.1, 0.15) is 17.0 Å². The highest BCUT2D eigenvalue weighted by atomic mass is 35.5. The average molecular weight is 250 g/mol. The summed E-state index contributed by atoms with van der Waals surface area (Å²) in [6.07, 6.45) is 0.935. The molecule has 0 N–H and O–H groups in total. The van der Waals surface area contributed by atoms with Crippen molar-refractivity contribution in [3.63, 3.8) is 0 Å². The maximum Gasteiger partial charge on any atom is 0.0556 e. The molecule has 0 aliphatic heterocycles. The van der Waals surface area contributed by atoms with E-state index in [1.54, 1.807) is 7.06 Å². The van der Waals surface area contributed by atoms with Crippen LogP contribution in [0.15, 0.2) is 60.7 Å². The van der Waals surface area contributed by atoms with E-state index in [1.165, 1.54) is 11.1 Å². The minimum Gasteiger partial charge on any atom is -0.147 e. The van der Waals surface area contributed by atoms with Crippen molar-refractivity contribution in [2.45, 2.75) is 12.2 Å². The quantitative estimate of drug-likeness (QED) is 0.715. The van der Waals surface area contributed by atoms with Gasteiger partial charge in [-0.15, -0.1) is 12.4 Å². The van der Waals surface area contributed by atoms with E-state index in [1.807, 2.05) is 19.3 Å². The molecule has 86 valence electrons. The predicted molar refractivity (Wildman–Crippen MR) is 84.0 cm³/mol. The highest BCUT2D eigenvalue weighted by Crippen LogP contribution is 2.27. The first-order valence-corrected chi connectivity index (χ1v) is 5.88. The first-order valence-electron chi connectivity index (χ1n) is 5.88. The minimum absolute atomic E-state index is 0. The smallest absolute Gasteiger partial charge is 0.0556 e. The number of halogens is 1. The summed E-state index contributed by atoms with van der Waals surface area (Å²) in [7, 11) is 9.09. The molecular weight excluding hydrogens is 236 g/mol. The predicted octanol–water partition coefficient (Wildman–Crippen LogP) is 3.07. The summed E-state index contributed by atoms with van der Waals surface area (Å²) < 4.78 is 0. The summed E-state index contributed by atoms with van der Waals surface area (Å²) >= 11 is 0. The minimum atomic E-state index is 0. The van der Waals surface area contributed by atoms with Crippen LogP contribution in [0.4, 0.5) is 0 Å². The summed E-state index contributed by atoms with van der Waals surface area (Å²) in [6, 6.07) is 21.1. The molecule has 2 aromatic carbocycles. The summed E-state index contributed by atoms with van der Waals surface area (Å²) in [6.45, 7) is 0. The third-order valence-electron chi connectivity index (χ3n) is 2.91. The molecule has 0 nitrogen and oxygen atoms in total. The molecule has 0 aliphatic carbocycles. The van der Waals surface area contributed by atoms with Gasteiger partial charge >= 0.3 is 0 Å². The molecule has 0 fully saturated rings. The lowest BCUT2D eigenvalue weighted by atomic mass is 9.26. The molecule has 0 unspecified atom stereocenters. The molecule has 0 spiro atoms. The van der Waals surface area contributed by atoms with Gasteiger partial charge in [0.2, 0.25) is 0 Å². The Hall–Kier alpha value is -1.08. The van der Waals surface area contributed by atoms with Crippen molar-refractivity contribution in [1.82, 2.24) is 0 Å². The van der Waals surface area contributed by atoms with E-state index in [0.717, 1.165) is 6.32 Å². The van der Waals surface area contributed by atoms with E-state index < -0.39 is 0 Å². The Balaban J connectivity index is 0.00000162. The van der Waals surface area contributed by atoms with E-state index in [0.29, 0.717) is 5.92 Å². The Bertz CT molecular complexity index is 394. The van der Waals surface area contributed by atoms with Gasteiger partial charge in [-0.2, -0.15) is 0 Å². The van der Waals surface area contributed by atoms with Gasteiger partial charge in [0.15, 0.2) is 0 Å². The van der Waals surface area contributed by atoms with Gasteiger partial charge in [0.05, 0.1) is 7.17 Å². The zero-order valence-corrected chi connectivity index (χ0v) is 11.0. The van der Waals surface area contributed by atoms with Crippen LogP contribution in [0, 0.1) is 0 Å². The van der Waals surface area contributed by atoms with Crippen molar-refractivity contribution in [3.8, 4) is 0 Å². The Morgan fingerprint density at radius 3 is 1.67 bits per heavy atom. The molecule has 0 saturated heterocycles. The fourth-order valence-electron chi connectivity index (χ4n) is 2.05. The zero-order valence-electron chi connectivity index (χ0n) is 10.2. The summed E-state index contributed by atoms with van der Waals surface area (Å²) in [5, 5.41) is 0. The standard InChI is InChI=1S/C14H13B3.ClH/c15-17-16-11-14(12-7-3-1-4-8-12)13-9-5-2-6-10-13;/h1-10,14H,11H2;1H. The second-order valence-corrected chi connectivity index (χ2v) is 4.04. The number of benzene rings is 2. The van der Waals surface area contributed by atoms with Gasteiger partial charge in [-0.25, -0.2) is 0 Å². The van der Waals surface area contributed by atoms with Crippen LogP contribution in [-0.2, 0) is 0 Å². The maximum atomic E-state index is 5.45. The second-order valence-electron chi connectivity index (χ2n) is 4.04. The first kappa shape index (κ1) is 15.0. The molecule has 0 heterocycles. The zero-order chi connectivity index (χ0) is 11.9. The Labute approximate surface area is 118 Å².